The second kappa shape index (κ2) is 5.94. The van der Waals surface area contributed by atoms with Gasteiger partial charge >= 0.3 is 6.03 Å². The number of carbonyl (C=O) groups excluding carboxylic acids is 1. The molecule has 1 N–H and O–H groups in total. The van der Waals surface area contributed by atoms with Crippen molar-refractivity contribution in [1.29, 1.82) is 0 Å². The molecule has 2 amide bonds. The van der Waals surface area contributed by atoms with Crippen LogP contribution in [0.1, 0.15) is 58.8 Å². The largest absolute Gasteiger partial charge is 0.337 e. The molecule has 1 aliphatic carbocycles. The average Bonchev–Trinajstić information content (AvgIpc) is 2.86. The number of rotatable bonds is 3. The summed E-state index contributed by atoms with van der Waals surface area (Å²) in [6.07, 6.45) is 8.78. The molecule has 0 radical (unpaired) electrons. The summed E-state index contributed by atoms with van der Waals surface area (Å²) < 4.78 is 0. The van der Waals surface area contributed by atoms with Crippen LogP contribution in [0.2, 0.25) is 0 Å². The molecule has 2 fully saturated rings. The van der Waals surface area contributed by atoms with Crippen LogP contribution in [-0.4, -0.2) is 30.6 Å². The fourth-order valence-corrected chi connectivity index (χ4v) is 3.37. The Morgan fingerprint density at radius 1 is 1.28 bits per heavy atom. The van der Waals surface area contributed by atoms with Crippen molar-refractivity contribution in [1.82, 2.24) is 10.2 Å². The maximum atomic E-state index is 12.1. The van der Waals surface area contributed by atoms with E-state index in [-0.39, 0.29) is 6.03 Å². The summed E-state index contributed by atoms with van der Waals surface area (Å²) in [7, 11) is 0. The Hall–Kier alpha value is -0.730. The lowest BCUT2D eigenvalue weighted by atomic mass is 9.83. The third kappa shape index (κ3) is 3.18. The molecule has 1 heterocycles. The lowest BCUT2D eigenvalue weighted by Crippen LogP contribution is -2.47. The molecule has 18 heavy (non-hydrogen) atoms. The Kier molecular flexibility index (Phi) is 4.52. The van der Waals surface area contributed by atoms with E-state index in [2.05, 4.69) is 19.2 Å². The number of nitrogens with one attached hydrogen (secondary N) is 1. The minimum atomic E-state index is 0.168. The number of hydrogen-bond acceptors (Lipinski definition) is 1. The van der Waals surface area contributed by atoms with E-state index in [1.165, 1.54) is 32.1 Å². The summed E-state index contributed by atoms with van der Waals surface area (Å²) in [6, 6.07) is 0.168. The number of amides is 2. The molecule has 104 valence electrons. The van der Waals surface area contributed by atoms with Gasteiger partial charge in [0.05, 0.1) is 0 Å². The Bertz CT molecular complexity index is 276. The Labute approximate surface area is 111 Å². The third-order valence-electron chi connectivity index (χ3n) is 5.10. The Balaban J connectivity index is 1.77. The molecule has 0 aromatic carbocycles. The second-order valence-corrected chi connectivity index (χ2v) is 6.39. The first kappa shape index (κ1) is 13.7. The van der Waals surface area contributed by atoms with Gasteiger partial charge < -0.3 is 10.2 Å². The molecule has 3 nitrogen and oxygen atoms in total. The highest BCUT2D eigenvalue weighted by atomic mass is 16.2. The lowest BCUT2D eigenvalue weighted by Gasteiger charge is -2.33. The third-order valence-corrected chi connectivity index (χ3v) is 5.10. The van der Waals surface area contributed by atoms with E-state index < -0.39 is 0 Å². The zero-order valence-electron chi connectivity index (χ0n) is 12.0. The average molecular weight is 252 g/mol. The molecule has 2 aliphatic rings. The minimum Gasteiger partial charge on any atom is -0.337 e. The van der Waals surface area contributed by atoms with Crippen LogP contribution in [0.15, 0.2) is 0 Å². The summed E-state index contributed by atoms with van der Waals surface area (Å²) >= 11 is 0. The van der Waals surface area contributed by atoms with Crippen molar-refractivity contribution in [2.45, 2.75) is 58.8 Å². The summed E-state index contributed by atoms with van der Waals surface area (Å²) in [5.41, 5.74) is 0.402. The van der Waals surface area contributed by atoms with Crippen LogP contribution in [0.3, 0.4) is 0 Å². The first-order valence-electron chi connectivity index (χ1n) is 7.68. The molecule has 2 rings (SSSR count). The van der Waals surface area contributed by atoms with Crippen molar-refractivity contribution < 1.29 is 4.79 Å². The van der Waals surface area contributed by atoms with E-state index in [1.807, 2.05) is 4.90 Å². The number of piperidine rings is 1. The first-order chi connectivity index (χ1) is 8.65. The maximum Gasteiger partial charge on any atom is 0.317 e. The molecule has 1 aliphatic heterocycles. The quantitative estimate of drug-likeness (QED) is 0.820. The van der Waals surface area contributed by atoms with Gasteiger partial charge in [-0.05, 0) is 43.4 Å². The molecule has 0 aromatic heterocycles. The van der Waals surface area contributed by atoms with E-state index in [1.54, 1.807) is 0 Å². The van der Waals surface area contributed by atoms with Crippen molar-refractivity contribution >= 4 is 6.03 Å². The van der Waals surface area contributed by atoms with Crippen LogP contribution in [0, 0.1) is 11.3 Å². The van der Waals surface area contributed by atoms with Gasteiger partial charge in [0.2, 0.25) is 0 Å². The Morgan fingerprint density at radius 2 is 1.89 bits per heavy atom. The van der Waals surface area contributed by atoms with Gasteiger partial charge in [0.1, 0.15) is 0 Å². The van der Waals surface area contributed by atoms with Gasteiger partial charge in [0.25, 0.3) is 0 Å². The molecule has 0 unspecified atom stereocenters. The fraction of sp³-hybridized carbons (Fsp3) is 0.933. The number of likely N-dealkylation sites (tertiary alicyclic amines) is 1. The van der Waals surface area contributed by atoms with Gasteiger partial charge in [0.15, 0.2) is 0 Å². The lowest BCUT2D eigenvalue weighted by molar-refractivity contribution is 0.166. The molecule has 1 saturated heterocycles. The van der Waals surface area contributed by atoms with Crippen molar-refractivity contribution in [3.05, 3.63) is 0 Å². The highest BCUT2D eigenvalue weighted by Crippen LogP contribution is 2.40. The monoisotopic (exact) mass is 252 g/mol. The van der Waals surface area contributed by atoms with E-state index in [0.717, 1.165) is 38.4 Å². The van der Waals surface area contributed by atoms with E-state index >= 15 is 0 Å². The number of carbonyl (C=O) groups is 1. The van der Waals surface area contributed by atoms with Crippen LogP contribution in [0.4, 0.5) is 4.79 Å². The molecule has 3 heteroatoms. The predicted molar refractivity (Wildman–Crippen MR) is 74.6 cm³/mol. The normalized spacial score (nSPS) is 24.2. The van der Waals surface area contributed by atoms with Gasteiger partial charge in [-0.1, -0.05) is 26.7 Å². The summed E-state index contributed by atoms with van der Waals surface area (Å²) in [5.74, 6) is 0.783. The van der Waals surface area contributed by atoms with E-state index in [4.69, 9.17) is 0 Å². The summed E-state index contributed by atoms with van der Waals surface area (Å²) in [6.45, 7) is 7.30. The van der Waals surface area contributed by atoms with Gasteiger partial charge in [-0.15, -0.1) is 0 Å². The topological polar surface area (TPSA) is 32.3 Å². The first-order valence-corrected chi connectivity index (χ1v) is 7.68. The van der Waals surface area contributed by atoms with E-state index in [9.17, 15) is 4.79 Å². The summed E-state index contributed by atoms with van der Waals surface area (Å²) in [4.78, 5) is 14.1. The Morgan fingerprint density at radius 3 is 2.44 bits per heavy atom. The van der Waals surface area contributed by atoms with Crippen LogP contribution < -0.4 is 5.32 Å². The highest BCUT2D eigenvalue weighted by molar-refractivity contribution is 5.74. The van der Waals surface area contributed by atoms with Gasteiger partial charge in [-0.2, -0.15) is 0 Å². The number of hydrogen-bond donors (Lipinski definition) is 1. The molecular formula is C15H28N2O. The standard InChI is InChI=1S/C15H28N2O/c1-3-15(8-4-5-9-15)12-16-14(18)17-10-6-13(2)7-11-17/h13H,3-12H2,1-2H3,(H,16,18). The summed E-state index contributed by atoms with van der Waals surface area (Å²) in [5, 5.41) is 3.19. The van der Waals surface area contributed by atoms with E-state index in [0.29, 0.717) is 5.41 Å². The smallest absolute Gasteiger partial charge is 0.317 e. The van der Waals surface area contributed by atoms with Crippen LogP contribution in [-0.2, 0) is 0 Å². The molecule has 0 spiro atoms. The number of urea groups is 1. The van der Waals surface area contributed by atoms with Crippen LogP contribution >= 0.6 is 0 Å². The molecular weight excluding hydrogens is 224 g/mol. The zero-order chi connectivity index (χ0) is 13.0. The molecule has 0 bridgehead atoms. The van der Waals surface area contributed by atoms with Gasteiger partial charge in [-0.3, -0.25) is 0 Å². The maximum absolute atomic E-state index is 12.1. The zero-order valence-corrected chi connectivity index (χ0v) is 12.0. The molecule has 0 atom stereocenters. The van der Waals surface area contributed by atoms with Crippen molar-refractivity contribution in [3.8, 4) is 0 Å². The van der Waals surface area contributed by atoms with Crippen molar-refractivity contribution in [2.24, 2.45) is 11.3 Å². The van der Waals surface area contributed by atoms with Gasteiger partial charge in [0, 0.05) is 19.6 Å². The molecule has 0 aromatic rings. The fourth-order valence-electron chi connectivity index (χ4n) is 3.37. The SMILES string of the molecule is CCC1(CNC(=O)N2CCC(C)CC2)CCCC1. The van der Waals surface area contributed by atoms with Gasteiger partial charge in [-0.25, -0.2) is 4.79 Å². The second-order valence-electron chi connectivity index (χ2n) is 6.39. The van der Waals surface area contributed by atoms with Crippen molar-refractivity contribution in [2.75, 3.05) is 19.6 Å². The molecule has 1 saturated carbocycles. The van der Waals surface area contributed by atoms with Crippen LogP contribution in [0.25, 0.3) is 0 Å². The highest BCUT2D eigenvalue weighted by Gasteiger charge is 2.32. The van der Waals surface area contributed by atoms with Crippen molar-refractivity contribution in [3.63, 3.8) is 0 Å². The number of nitrogens with zero attached hydrogens (tertiary/aromatic N) is 1. The minimum absolute atomic E-state index is 0.168. The predicted octanol–water partition coefficient (Wildman–Crippen LogP) is 3.40. The van der Waals surface area contributed by atoms with Crippen LogP contribution in [0.5, 0.6) is 0 Å².